The topological polar surface area (TPSA) is 70.7 Å². The second-order valence-electron chi connectivity index (χ2n) is 7.94. The van der Waals surface area contributed by atoms with Crippen molar-refractivity contribution in [2.45, 2.75) is 57.5 Å². The van der Waals surface area contributed by atoms with Gasteiger partial charge in [0.05, 0.1) is 13.2 Å². The van der Waals surface area contributed by atoms with Crippen LogP contribution in [0.5, 0.6) is 0 Å². The third kappa shape index (κ3) is 5.32. The van der Waals surface area contributed by atoms with Crippen molar-refractivity contribution in [2.24, 2.45) is 0 Å². The Morgan fingerprint density at radius 2 is 1.89 bits per heavy atom. The molecule has 1 saturated carbocycles. The fraction of sp³-hybridized carbons (Fsp3) is 0.636. The van der Waals surface area contributed by atoms with Gasteiger partial charge < -0.3 is 15.4 Å². The number of hydrogen-bond donors (Lipinski definition) is 2. The summed E-state index contributed by atoms with van der Waals surface area (Å²) in [4.78, 5) is 27.3. The molecule has 0 spiro atoms. The maximum Gasteiger partial charge on any atom is 0.251 e. The van der Waals surface area contributed by atoms with Gasteiger partial charge in [0.15, 0.2) is 0 Å². The van der Waals surface area contributed by atoms with Crippen LogP contribution in [-0.2, 0) is 16.1 Å². The Kier molecular flexibility index (Phi) is 7.45. The summed E-state index contributed by atoms with van der Waals surface area (Å²) < 4.78 is 5.49. The first-order chi connectivity index (χ1) is 13.6. The Balaban J connectivity index is 1.55. The molecule has 1 aliphatic carbocycles. The highest BCUT2D eigenvalue weighted by Gasteiger charge is 2.41. The molecule has 1 aliphatic heterocycles. The van der Waals surface area contributed by atoms with Crippen molar-refractivity contribution in [3.05, 3.63) is 35.4 Å². The molecule has 1 aromatic carbocycles. The second kappa shape index (κ2) is 10.0. The molecule has 6 nitrogen and oxygen atoms in total. The Hall–Kier alpha value is -1.92. The molecule has 154 valence electrons. The van der Waals surface area contributed by atoms with E-state index < -0.39 is 0 Å². The van der Waals surface area contributed by atoms with E-state index in [1.54, 1.807) is 0 Å². The average molecular weight is 388 g/mol. The lowest BCUT2D eigenvalue weighted by atomic mass is 9.90. The molecule has 3 rings (SSSR count). The Morgan fingerprint density at radius 1 is 1.14 bits per heavy atom. The SMILES string of the molecule is CCCNC(=O)c1cccc(CNC(=O)CC2(N3CCOCC3)CCCC2)c1. The first-order valence-corrected chi connectivity index (χ1v) is 10.6. The van der Waals surface area contributed by atoms with E-state index in [4.69, 9.17) is 4.74 Å². The summed E-state index contributed by atoms with van der Waals surface area (Å²) in [5.41, 5.74) is 1.58. The highest BCUT2D eigenvalue weighted by Crippen LogP contribution is 2.38. The smallest absolute Gasteiger partial charge is 0.251 e. The minimum Gasteiger partial charge on any atom is -0.379 e. The maximum atomic E-state index is 12.7. The van der Waals surface area contributed by atoms with Gasteiger partial charge in [0.1, 0.15) is 0 Å². The summed E-state index contributed by atoms with van der Waals surface area (Å²) in [7, 11) is 0. The predicted molar refractivity (Wildman–Crippen MR) is 109 cm³/mol. The van der Waals surface area contributed by atoms with Crippen molar-refractivity contribution in [3.8, 4) is 0 Å². The zero-order valence-electron chi connectivity index (χ0n) is 17.0. The summed E-state index contributed by atoms with van der Waals surface area (Å²) in [5.74, 6) is 0.0291. The lowest BCUT2D eigenvalue weighted by Gasteiger charge is -2.43. The van der Waals surface area contributed by atoms with E-state index in [0.717, 1.165) is 51.1 Å². The first-order valence-electron chi connectivity index (χ1n) is 10.6. The first kappa shape index (κ1) is 20.8. The van der Waals surface area contributed by atoms with Crippen molar-refractivity contribution in [3.63, 3.8) is 0 Å². The van der Waals surface area contributed by atoms with Crippen LogP contribution in [0.15, 0.2) is 24.3 Å². The maximum absolute atomic E-state index is 12.7. The summed E-state index contributed by atoms with van der Waals surface area (Å²) in [6.07, 6.45) is 6.02. The van der Waals surface area contributed by atoms with Crippen LogP contribution in [0.1, 0.15) is 61.4 Å². The third-order valence-electron chi connectivity index (χ3n) is 5.92. The zero-order chi connectivity index (χ0) is 19.8. The van der Waals surface area contributed by atoms with Gasteiger partial charge in [-0.1, -0.05) is 31.9 Å². The van der Waals surface area contributed by atoms with Crippen LogP contribution in [-0.4, -0.2) is 55.1 Å². The predicted octanol–water partition coefficient (Wildman–Crippen LogP) is 2.48. The molecular formula is C22H33N3O3. The molecule has 1 aromatic rings. The van der Waals surface area contributed by atoms with Crippen LogP contribution in [0.4, 0.5) is 0 Å². The summed E-state index contributed by atoms with van der Waals surface area (Å²) in [5, 5.41) is 5.96. The zero-order valence-corrected chi connectivity index (χ0v) is 17.0. The van der Waals surface area contributed by atoms with Crippen LogP contribution < -0.4 is 10.6 Å². The molecule has 2 fully saturated rings. The number of nitrogens with zero attached hydrogens (tertiary/aromatic N) is 1. The highest BCUT2D eigenvalue weighted by molar-refractivity contribution is 5.94. The Morgan fingerprint density at radius 3 is 2.61 bits per heavy atom. The van der Waals surface area contributed by atoms with Gasteiger partial charge in [0.25, 0.3) is 5.91 Å². The molecule has 0 unspecified atom stereocenters. The number of hydrogen-bond acceptors (Lipinski definition) is 4. The largest absolute Gasteiger partial charge is 0.379 e. The van der Waals surface area contributed by atoms with Crippen molar-refractivity contribution in [1.29, 1.82) is 0 Å². The van der Waals surface area contributed by atoms with Gasteiger partial charge in [-0.15, -0.1) is 0 Å². The summed E-state index contributed by atoms with van der Waals surface area (Å²) >= 11 is 0. The number of ether oxygens (including phenoxy) is 1. The number of carbonyl (C=O) groups excluding carboxylic acids is 2. The van der Waals surface area contributed by atoms with Crippen LogP contribution in [0.25, 0.3) is 0 Å². The second-order valence-corrected chi connectivity index (χ2v) is 7.94. The quantitative estimate of drug-likeness (QED) is 0.719. The van der Waals surface area contributed by atoms with E-state index in [9.17, 15) is 9.59 Å². The van der Waals surface area contributed by atoms with E-state index in [2.05, 4.69) is 15.5 Å². The molecule has 28 heavy (non-hydrogen) atoms. The van der Waals surface area contributed by atoms with Crippen molar-refractivity contribution in [1.82, 2.24) is 15.5 Å². The van der Waals surface area contributed by atoms with Gasteiger partial charge in [0, 0.05) is 43.7 Å². The molecule has 1 saturated heterocycles. The fourth-order valence-electron chi connectivity index (χ4n) is 4.40. The van der Waals surface area contributed by atoms with E-state index >= 15 is 0 Å². The number of amides is 2. The molecule has 2 amide bonds. The Labute approximate surface area is 168 Å². The van der Waals surface area contributed by atoms with Crippen LogP contribution >= 0.6 is 0 Å². The number of benzene rings is 1. The number of nitrogens with one attached hydrogen (secondary N) is 2. The van der Waals surface area contributed by atoms with Crippen LogP contribution in [0.2, 0.25) is 0 Å². The van der Waals surface area contributed by atoms with Crippen molar-refractivity contribution >= 4 is 11.8 Å². The fourth-order valence-corrected chi connectivity index (χ4v) is 4.40. The lowest BCUT2D eigenvalue weighted by Crippen LogP contribution is -2.53. The molecule has 2 N–H and O–H groups in total. The highest BCUT2D eigenvalue weighted by atomic mass is 16.5. The van der Waals surface area contributed by atoms with Gasteiger partial charge in [0.2, 0.25) is 5.91 Å². The van der Waals surface area contributed by atoms with Gasteiger partial charge in [-0.05, 0) is 37.0 Å². The summed E-state index contributed by atoms with van der Waals surface area (Å²) in [6.45, 7) is 6.51. The Bertz CT molecular complexity index is 665. The van der Waals surface area contributed by atoms with E-state index in [-0.39, 0.29) is 17.4 Å². The third-order valence-corrected chi connectivity index (χ3v) is 5.92. The average Bonchev–Trinajstić information content (AvgIpc) is 3.21. The van der Waals surface area contributed by atoms with Gasteiger partial charge in [-0.25, -0.2) is 0 Å². The normalized spacial score (nSPS) is 19.3. The molecule has 2 aliphatic rings. The monoisotopic (exact) mass is 387 g/mol. The van der Waals surface area contributed by atoms with E-state index in [0.29, 0.717) is 25.1 Å². The molecule has 0 atom stereocenters. The van der Waals surface area contributed by atoms with Crippen LogP contribution in [0.3, 0.4) is 0 Å². The molecule has 0 radical (unpaired) electrons. The summed E-state index contributed by atoms with van der Waals surface area (Å²) in [6, 6.07) is 7.49. The number of rotatable bonds is 8. The minimum absolute atomic E-state index is 0.00422. The van der Waals surface area contributed by atoms with Gasteiger partial charge in [-0.3, -0.25) is 14.5 Å². The van der Waals surface area contributed by atoms with E-state index in [1.165, 1.54) is 12.8 Å². The number of carbonyl (C=O) groups is 2. The van der Waals surface area contributed by atoms with E-state index in [1.807, 2.05) is 31.2 Å². The molecular weight excluding hydrogens is 354 g/mol. The van der Waals surface area contributed by atoms with Crippen molar-refractivity contribution in [2.75, 3.05) is 32.8 Å². The minimum atomic E-state index is -0.0627. The molecule has 0 bridgehead atoms. The van der Waals surface area contributed by atoms with Crippen molar-refractivity contribution < 1.29 is 14.3 Å². The van der Waals surface area contributed by atoms with Gasteiger partial charge in [-0.2, -0.15) is 0 Å². The molecule has 6 heteroatoms. The standard InChI is InChI=1S/C22H33N3O3/c1-2-10-23-21(27)19-7-5-6-18(15-19)17-24-20(26)16-22(8-3-4-9-22)25-11-13-28-14-12-25/h5-7,15H,2-4,8-14,16-17H2,1H3,(H,23,27)(H,24,26). The van der Waals surface area contributed by atoms with Crippen LogP contribution in [0, 0.1) is 0 Å². The lowest BCUT2D eigenvalue weighted by molar-refractivity contribution is -0.125. The molecule has 0 aromatic heterocycles. The number of morpholine rings is 1. The molecule has 1 heterocycles. The van der Waals surface area contributed by atoms with Gasteiger partial charge >= 0.3 is 0 Å².